The molecule has 3 amide bonds. The van der Waals surface area contributed by atoms with E-state index >= 15 is 0 Å². The Kier molecular flexibility index (Phi) is 7.44. The molecule has 0 saturated carbocycles. The highest BCUT2D eigenvalue weighted by molar-refractivity contribution is 5.96. The van der Waals surface area contributed by atoms with Crippen LogP contribution in [0, 0.1) is 6.92 Å². The van der Waals surface area contributed by atoms with Crippen LogP contribution in [0.3, 0.4) is 0 Å². The smallest absolute Gasteiger partial charge is 0.321 e. The highest BCUT2D eigenvalue weighted by atomic mass is 16.5. The van der Waals surface area contributed by atoms with E-state index in [9.17, 15) is 9.59 Å². The summed E-state index contributed by atoms with van der Waals surface area (Å²) in [5.74, 6) is 1.19. The molecule has 1 atom stereocenters. The van der Waals surface area contributed by atoms with Crippen LogP contribution < -0.4 is 20.1 Å². The van der Waals surface area contributed by atoms with Crippen LogP contribution in [-0.4, -0.2) is 75.2 Å². The number of rotatable bonds is 6. The molecular weight excluding hydrogens is 348 g/mol. The van der Waals surface area contributed by atoms with Crippen LogP contribution in [0.1, 0.15) is 18.1 Å². The summed E-state index contributed by atoms with van der Waals surface area (Å²) in [5, 5.41) is 4.73. The number of methoxy groups -OCH3 is 2. The van der Waals surface area contributed by atoms with Crippen LogP contribution in [0.15, 0.2) is 12.1 Å². The number of carbonyl (C=O) groups excluding carboxylic acids is 2. The van der Waals surface area contributed by atoms with E-state index in [1.54, 1.807) is 14.2 Å². The summed E-state index contributed by atoms with van der Waals surface area (Å²) in [6.45, 7) is 7.96. The van der Waals surface area contributed by atoms with Gasteiger partial charge >= 0.3 is 6.03 Å². The molecule has 1 aromatic carbocycles. The fourth-order valence-electron chi connectivity index (χ4n) is 3.19. The van der Waals surface area contributed by atoms with Gasteiger partial charge in [0.25, 0.3) is 0 Å². The van der Waals surface area contributed by atoms with Crippen molar-refractivity contribution in [3.63, 3.8) is 0 Å². The van der Waals surface area contributed by atoms with E-state index in [1.807, 2.05) is 19.1 Å². The Balaban J connectivity index is 1.93. The third-order valence-electron chi connectivity index (χ3n) is 5.03. The SMILES string of the molecule is CNC(=O)NC(=O)[C@@H](C)N1CCN(Cc2cc(OC)c(OC)cc2C)CC1. The molecule has 8 heteroatoms. The van der Waals surface area contributed by atoms with Crippen molar-refractivity contribution < 1.29 is 19.1 Å². The van der Waals surface area contributed by atoms with E-state index in [1.165, 1.54) is 12.6 Å². The number of amides is 3. The van der Waals surface area contributed by atoms with Gasteiger partial charge in [-0.15, -0.1) is 0 Å². The first-order valence-corrected chi connectivity index (χ1v) is 9.10. The Labute approximate surface area is 160 Å². The summed E-state index contributed by atoms with van der Waals surface area (Å²) in [5.41, 5.74) is 2.36. The lowest BCUT2D eigenvalue weighted by Gasteiger charge is -2.37. The zero-order valence-corrected chi connectivity index (χ0v) is 16.8. The van der Waals surface area contributed by atoms with E-state index in [0.29, 0.717) is 0 Å². The molecule has 0 spiro atoms. The van der Waals surface area contributed by atoms with E-state index < -0.39 is 6.03 Å². The number of imide groups is 1. The number of aryl methyl sites for hydroxylation is 1. The summed E-state index contributed by atoms with van der Waals surface area (Å²) in [7, 11) is 4.76. The van der Waals surface area contributed by atoms with Gasteiger partial charge in [-0.3, -0.25) is 19.9 Å². The monoisotopic (exact) mass is 378 g/mol. The minimum Gasteiger partial charge on any atom is -0.493 e. The van der Waals surface area contributed by atoms with Crippen LogP contribution in [-0.2, 0) is 11.3 Å². The van der Waals surface area contributed by atoms with E-state index in [2.05, 4.69) is 27.4 Å². The number of piperazine rings is 1. The van der Waals surface area contributed by atoms with Gasteiger partial charge in [-0.2, -0.15) is 0 Å². The van der Waals surface area contributed by atoms with Gasteiger partial charge in [-0.25, -0.2) is 4.79 Å². The molecule has 150 valence electrons. The first kappa shape index (κ1) is 21.0. The topological polar surface area (TPSA) is 83.1 Å². The quantitative estimate of drug-likeness (QED) is 0.768. The van der Waals surface area contributed by atoms with Crippen molar-refractivity contribution in [2.45, 2.75) is 26.4 Å². The van der Waals surface area contributed by atoms with Crippen molar-refractivity contribution in [2.75, 3.05) is 47.4 Å². The van der Waals surface area contributed by atoms with Gasteiger partial charge in [0.1, 0.15) is 0 Å². The van der Waals surface area contributed by atoms with Crippen molar-refractivity contribution in [1.82, 2.24) is 20.4 Å². The maximum atomic E-state index is 12.1. The summed E-state index contributed by atoms with van der Waals surface area (Å²) < 4.78 is 10.8. The third-order valence-corrected chi connectivity index (χ3v) is 5.03. The number of ether oxygens (including phenoxy) is 2. The summed E-state index contributed by atoms with van der Waals surface area (Å²) >= 11 is 0. The van der Waals surface area contributed by atoms with Gasteiger partial charge < -0.3 is 14.8 Å². The number of carbonyl (C=O) groups is 2. The molecule has 0 unspecified atom stereocenters. The standard InChI is InChI=1S/C19H30N4O4/c1-13-10-16(26-4)17(27-5)11-15(13)12-22-6-8-23(9-7-22)14(2)18(24)21-19(25)20-3/h10-11,14H,6-9,12H2,1-5H3,(H2,20,21,24,25)/t14-/m1/s1. The third kappa shape index (κ3) is 5.33. The molecule has 1 aromatic rings. The highest BCUT2D eigenvalue weighted by Crippen LogP contribution is 2.31. The Morgan fingerprint density at radius 2 is 1.70 bits per heavy atom. The number of hydrogen-bond acceptors (Lipinski definition) is 6. The molecule has 0 aliphatic carbocycles. The molecule has 0 radical (unpaired) electrons. The second-order valence-corrected chi connectivity index (χ2v) is 6.69. The van der Waals surface area contributed by atoms with Gasteiger partial charge in [0, 0.05) is 39.8 Å². The Hall–Kier alpha value is -2.32. The summed E-state index contributed by atoms with van der Waals surface area (Å²) in [6.07, 6.45) is 0. The molecule has 1 fully saturated rings. The minimum atomic E-state index is -0.477. The lowest BCUT2D eigenvalue weighted by atomic mass is 10.1. The summed E-state index contributed by atoms with van der Waals surface area (Å²) in [4.78, 5) is 27.9. The van der Waals surface area contributed by atoms with Gasteiger partial charge in [0.15, 0.2) is 11.5 Å². The first-order chi connectivity index (χ1) is 12.9. The van der Waals surface area contributed by atoms with Crippen molar-refractivity contribution in [1.29, 1.82) is 0 Å². The zero-order valence-electron chi connectivity index (χ0n) is 16.8. The normalized spacial score (nSPS) is 16.5. The van der Waals surface area contributed by atoms with Crippen molar-refractivity contribution in [3.05, 3.63) is 23.3 Å². The number of nitrogens with one attached hydrogen (secondary N) is 2. The van der Waals surface area contributed by atoms with Crippen LogP contribution >= 0.6 is 0 Å². The van der Waals surface area contributed by atoms with Gasteiger partial charge in [-0.1, -0.05) is 0 Å². The lowest BCUT2D eigenvalue weighted by molar-refractivity contribution is -0.125. The molecule has 1 heterocycles. The van der Waals surface area contributed by atoms with Gasteiger partial charge in [0.2, 0.25) is 5.91 Å². The highest BCUT2D eigenvalue weighted by Gasteiger charge is 2.26. The van der Waals surface area contributed by atoms with Crippen molar-refractivity contribution in [2.24, 2.45) is 0 Å². The van der Waals surface area contributed by atoms with Gasteiger partial charge in [-0.05, 0) is 37.1 Å². The van der Waals surface area contributed by atoms with Crippen molar-refractivity contribution >= 4 is 11.9 Å². The minimum absolute atomic E-state index is 0.279. The van der Waals surface area contributed by atoms with Crippen molar-refractivity contribution in [3.8, 4) is 11.5 Å². The molecule has 27 heavy (non-hydrogen) atoms. The number of hydrogen-bond donors (Lipinski definition) is 2. The second-order valence-electron chi connectivity index (χ2n) is 6.69. The molecule has 1 aliphatic rings. The zero-order chi connectivity index (χ0) is 20.0. The summed E-state index contributed by atoms with van der Waals surface area (Å²) in [6, 6.07) is 3.21. The Bertz CT molecular complexity index is 672. The lowest BCUT2D eigenvalue weighted by Crippen LogP contribution is -2.55. The second kappa shape index (κ2) is 9.57. The number of nitrogens with zero attached hydrogens (tertiary/aromatic N) is 2. The van der Waals surface area contributed by atoms with Crippen LogP contribution in [0.2, 0.25) is 0 Å². The predicted molar refractivity (Wildman–Crippen MR) is 103 cm³/mol. The van der Waals surface area contributed by atoms with Crippen LogP contribution in [0.25, 0.3) is 0 Å². The first-order valence-electron chi connectivity index (χ1n) is 9.10. The fraction of sp³-hybridized carbons (Fsp3) is 0.579. The average Bonchev–Trinajstić information content (AvgIpc) is 2.68. The molecule has 8 nitrogen and oxygen atoms in total. The Morgan fingerprint density at radius 3 is 2.26 bits per heavy atom. The molecule has 0 bridgehead atoms. The van der Waals surface area contributed by atoms with Gasteiger partial charge in [0.05, 0.1) is 20.3 Å². The van der Waals surface area contributed by atoms with Crippen LogP contribution in [0.5, 0.6) is 11.5 Å². The van der Waals surface area contributed by atoms with Crippen LogP contribution in [0.4, 0.5) is 4.79 Å². The molecule has 0 aromatic heterocycles. The van der Waals surface area contributed by atoms with E-state index in [4.69, 9.17) is 9.47 Å². The van der Waals surface area contributed by atoms with E-state index in [0.717, 1.165) is 49.8 Å². The average molecular weight is 378 g/mol. The molecule has 1 saturated heterocycles. The molecule has 1 aliphatic heterocycles. The molecular formula is C19H30N4O4. The molecule has 2 rings (SSSR count). The Morgan fingerprint density at radius 1 is 1.11 bits per heavy atom. The predicted octanol–water partition coefficient (Wildman–Crippen LogP) is 0.974. The molecule has 2 N–H and O–H groups in total. The number of urea groups is 1. The number of benzene rings is 1. The maximum Gasteiger partial charge on any atom is 0.321 e. The van der Waals surface area contributed by atoms with E-state index in [-0.39, 0.29) is 11.9 Å². The largest absolute Gasteiger partial charge is 0.493 e. The maximum absolute atomic E-state index is 12.1. The fourth-order valence-corrected chi connectivity index (χ4v) is 3.19.